The Morgan fingerprint density at radius 2 is 2.50 bits per heavy atom. The smallest absolute Gasteiger partial charge is 0.423 e. The van der Waals surface area contributed by atoms with Gasteiger partial charge >= 0.3 is 7.12 Å². The van der Waals surface area contributed by atoms with Crippen molar-refractivity contribution in [1.29, 1.82) is 0 Å². The summed E-state index contributed by atoms with van der Waals surface area (Å²) in [6.45, 7) is -2.93. The second-order valence-electron chi connectivity index (χ2n) is 2.11. The molecule has 0 fully saturated rings. The number of hydrogen-bond donors (Lipinski definition) is 2. The number of aromatic nitrogens is 1. The Bertz CT molecular complexity index is 425. The molecular weight excluding hydrogens is 176 g/mol. The molecule has 0 unspecified atom stereocenters. The Labute approximate surface area is 83.2 Å². The standard InChI is InChI=1S/C7H9BClNO2/c1-2-6-3-5(8(11)12)4-7(9)10-6/h3-4,11-12H,2H2,1H3/i1D3,2D2. The van der Waals surface area contributed by atoms with E-state index in [1.807, 2.05) is 0 Å². The summed E-state index contributed by atoms with van der Waals surface area (Å²) in [6, 6.07) is 2.08. The fraction of sp³-hybridized carbons (Fsp3) is 0.286. The molecule has 0 amide bonds. The van der Waals surface area contributed by atoms with Crippen molar-refractivity contribution in [2.45, 2.75) is 13.2 Å². The van der Waals surface area contributed by atoms with E-state index in [1.54, 1.807) is 0 Å². The molecule has 0 atom stereocenters. The maximum atomic E-state index is 8.95. The third-order valence-electron chi connectivity index (χ3n) is 1.24. The number of nitrogens with zero attached hydrogens (tertiary/aromatic N) is 1. The molecule has 0 aliphatic heterocycles. The highest BCUT2D eigenvalue weighted by atomic mass is 35.5. The molecule has 0 bridgehead atoms. The summed E-state index contributed by atoms with van der Waals surface area (Å²) in [5.74, 6) is 0. The van der Waals surface area contributed by atoms with Crippen LogP contribution in [0.4, 0.5) is 0 Å². The van der Waals surface area contributed by atoms with E-state index in [1.165, 1.54) is 0 Å². The molecule has 0 aromatic carbocycles. The number of rotatable bonds is 2. The largest absolute Gasteiger partial charge is 0.488 e. The van der Waals surface area contributed by atoms with Gasteiger partial charge in [0.2, 0.25) is 0 Å². The van der Waals surface area contributed by atoms with Crippen molar-refractivity contribution in [3.63, 3.8) is 0 Å². The molecule has 12 heavy (non-hydrogen) atoms. The van der Waals surface area contributed by atoms with Crippen LogP contribution in [0.3, 0.4) is 0 Å². The van der Waals surface area contributed by atoms with Crippen LogP contribution < -0.4 is 5.46 Å². The van der Waals surface area contributed by atoms with Crippen LogP contribution in [-0.4, -0.2) is 22.2 Å². The van der Waals surface area contributed by atoms with Gasteiger partial charge in [-0.2, -0.15) is 0 Å². The van der Waals surface area contributed by atoms with E-state index in [4.69, 9.17) is 28.5 Å². The Kier molecular flexibility index (Phi) is 1.49. The quantitative estimate of drug-likeness (QED) is 0.509. The van der Waals surface area contributed by atoms with E-state index in [-0.39, 0.29) is 10.6 Å². The summed E-state index contributed by atoms with van der Waals surface area (Å²) in [5.41, 5.74) is -0.582. The molecule has 0 saturated heterocycles. The van der Waals surface area contributed by atoms with Crippen LogP contribution in [0.2, 0.25) is 5.15 Å². The van der Waals surface area contributed by atoms with Gasteiger partial charge in [-0.05, 0) is 24.0 Å². The number of aryl methyl sites for hydroxylation is 1. The van der Waals surface area contributed by atoms with Crippen LogP contribution in [0.5, 0.6) is 0 Å². The molecule has 0 aliphatic carbocycles. The van der Waals surface area contributed by atoms with E-state index in [0.29, 0.717) is 0 Å². The Balaban J connectivity index is 3.32. The van der Waals surface area contributed by atoms with E-state index in [0.717, 1.165) is 12.1 Å². The third kappa shape index (κ3) is 2.20. The van der Waals surface area contributed by atoms with Gasteiger partial charge in [0.25, 0.3) is 0 Å². The zero-order valence-electron chi connectivity index (χ0n) is 11.0. The first-order valence-electron chi connectivity index (χ1n) is 5.60. The Morgan fingerprint density at radius 3 is 3.08 bits per heavy atom. The van der Waals surface area contributed by atoms with Gasteiger partial charge in [-0.1, -0.05) is 18.5 Å². The topological polar surface area (TPSA) is 53.4 Å². The van der Waals surface area contributed by atoms with Crippen molar-refractivity contribution < 1.29 is 16.9 Å². The average molecular weight is 190 g/mol. The summed E-state index contributed by atoms with van der Waals surface area (Å²) in [7, 11) is -1.87. The van der Waals surface area contributed by atoms with E-state index < -0.39 is 26.0 Å². The van der Waals surface area contributed by atoms with E-state index in [9.17, 15) is 0 Å². The predicted molar refractivity (Wildman–Crippen MR) is 48.5 cm³/mol. The van der Waals surface area contributed by atoms with Crippen molar-refractivity contribution in [2.75, 3.05) is 0 Å². The Morgan fingerprint density at radius 1 is 1.75 bits per heavy atom. The van der Waals surface area contributed by atoms with Gasteiger partial charge in [-0.3, -0.25) is 0 Å². The zero-order chi connectivity index (χ0) is 13.4. The minimum Gasteiger partial charge on any atom is -0.423 e. The number of halogens is 1. The van der Waals surface area contributed by atoms with Crippen LogP contribution in [0, 0.1) is 0 Å². The third-order valence-corrected chi connectivity index (χ3v) is 1.44. The molecule has 0 spiro atoms. The first-order valence-corrected chi connectivity index (χ1v) is 3.47. The lowest BCUT2D eigenvalue weighted by atomic mass is 9.80. The molecule has 0 radical (unpaired) electrons. The molecule has 0 aliphatic rings. The van der Waals surface area contributed by atoms with Crippen LogP contribution in [0.1, 0.15) is 19.4 Å². The Hall–Kier alpha value is -0.575. The second kappa shape index (κ2) is 3.89. The maximum Gasteiger partial charge on any atom is 0.488 e. The summed E-state index contributed by atoms with van der Waals surface area (Å²) in [6.07, 6.45) is -2.72. The molecule has 0 saturated carbocycles. The van der Waals surface area contributed by atoms with Gasteiger partial charge < -0.3 is 10.0 Å². The number of pyridine rings is 1. The summed E-state index contributed by atoms with van der Waals surface area (Å²) < 4.78 is 36.2. The molecule has 1 aromatic heterocycles. The van der Waals surface area contributed by atoms with Crippen LogP contribution in [-0.2, 0) is 6.37 Å². The van der Waals surface area contributed by atoms with E-state index >= 15 is 0 Å². The minimum atomic E-state index is -2.93. The first-order chi connectivity index (χ1) is 7.55. The molecule has 1 heterocycles. The lowest BCUT2D eigenvalue weighted by Crippen LogP contribution is -2.30. The summed E-state index contributed by atoms with van der Waals surface area (Å²) in [4.78, 5) is 3.56. The van der Waals surface area contributed by atoms with Gasteiger partial charge in [-0.15, -0.1) is 0 Å². The average Bonchev–Trinajstić information content (AvgIpc) is 2.14. The van der Waals surface area contributed by atoms with Crippen LogP contribution in [0.25, 0.3) is 0 Å². The molecule has 64 valence electrons. The van der Waals surface area contributed by atoms with Crippen LogP contribution >= 0.6 is 11.6 Å². The summed E-state index contributed by atoms with van der Waals surface area (Å²) in [5, 5.41) is 17.7. The van der Waals surface area contributed by atoms with Gasteiger partial charge in [0.1, 0.15) is 5.15 Å². The summed E-state index contributed by atoms with van der Waals surface area (Å²) >= 11 is 5.57. The maximum absolute atomic E-state index is 8.95. The monoisotopic (exact) mass is 190 g/mol. The molecule has 3 nitrogen and oxygen atoms in total. The molecule has 2 N–H and O–H groups in total. The van der Waals surface area contributed by atoms with Gasteiger partial charge in [0.05, 0.1) is 0 Å². The SMILES string of the molecule is [2H]C([2H])([2H])C([2H])([2H])c1cc(B(O)O)cc(Cl)n1. The molecule has 1 rings (SSSR count). The van der Waals surface area contributed by atoms with Crippen molar-refractivity contribution in [3.05, 3.63) is 23.0 Å². The van der Waals surface area contributed by atoms with Gasteiger partial charge in [-0.25, -0.2) is 4.98 Å². The molecule has 1 aromatic rings. The second-order valence-corrected chi connectivity index (χ2v) is 2.49. The highest BCUT2D eigenvalue weighted by molar-refractivity contribution is 6.58. The fourth-order valence-electron chi connectivity index (χ4n) is 0.730. The van der Waals surface area contributed by atoms with Crippen LogP contribution in [0.15, 0.2) is 12.1 Å². The fourth-order valence-corrected chi connectivity index (χ4v) is 0.947. The van der Waals surface area contributed by atoms with Gasteiger partial charge in [0.15, 0.2) is 0 Å². The number of hydrogen-bond acceptors (Lipinski definition) is 3. The van der Waals surface area contributed by atoms with Gasteiger partial charge in [0, 0.05) is 12.5 Å². The predicted octanol–water partition coefficient (Wildman–Crippen LogP) is -0.0228. The zero-order valence-corrected chi connectivity index (χ0v) is 6.71. The minimum absolute atomic E-state index is 0.117. The van der Waals surface area contributed by atoms with Crippen molar-refractivity contribution in [1.82, 2.24) is 4.98 Å². The lowest BCUT2D eigenvalue weighted by molar-refractivity contribution is 0.425. The first kappa shape index (κ1) is 4.60. The van der Waals surface area contributed by atoms with Crippen molar-refractivity contribution >= 4 is 24.2 Å². The van der Waals surface area contributed by atoms with Crippen molar-refractivity contribution in [2.24, 2.45) is 0 Å². The normalized spacial score (nSPS) is 18.4. The van der Waals surface area contributed by atoms with Crippen molar-refractivity contribution in [3.8, 4) is 0 Å². The lowest BCUT2D eigenvalue weighted by Gasteiger charge is -2.02. The highest BCUT2D eigenvalue weighted by Crippen LogP contribution is 2.04. The van der Waals surface area contributed by atoms with E-state index in [2.05, 4.69) is 4.98 Å². The molecular formula is C7H9BClNO2. The highest BCUT2D eigenvalue weighted by Gasteiger charge is 2.12. The molecule has 5 heteroatoms.